The van der Waals surface area contributed by atoms with Crippen LogP contribution >= 0.6 is 0 Å². The van der Waals surface area contributed by atoms with E-state index in [4.69, 9.17) is 4.74 Å². The van der Waals surface area contributed by atoms with Crippen molar-refractivity contribution in [2.45, 2.75) is 66.4 Å². The minimum atomic E-state index is -0.384. The molecule has 3 rings (SSSR count). The third-order valence-corrected chi connectivity index (χ3v) is 4.67. The molecule has 0 saturated heterocycles. The van der Waals surface area contributed by atoms with Crippen LogP contribution in [0.2, 0.25) is 0 Å². The molecule has 0 saturated carbocycles. The third-order valence-electron chi connectivity index (χ3n) is 4.67. The molecular formula is C22H32O2. The number of benzene rings is 2. The second kappa shape index (κ2) is 6.88. The number of rotatable bonds is 4. The quantitative estimate of drug-likeness (QED) is 0.639. The van der Waals surface area contributed by atoms with E-state index in [0.29, 0.717) is 5.75 Å². The monoisotopic (exact) mass is 330 g/mol. The van der Waals surface area contributed by atoms with Crippen LogP contribution in [0.25, 0.3) is 11.1 Å². The minimum Gasteiger partial charge on any atom is -0.507 e. The van der Waals surface area contributed by atoms with Gasteiger partial charge in [-0.05, 0) is 56.9 Å². The Kier molecular flexibility index (Phi) is 5.27. The average Bonchev–Trinajstić information content (AvgIpc) is 2.46. The molecule has 1 heterocycles. The van der Waals surface area contributed by atoms with E-state index >= 15 is 0 Å². The Hall–Kier alpha value is -1.96. The first-order valence-corrected chi connectivity index (χ1v) is 8.59. The Bertz CT molecular complexity index is 735. The number of aromatic hydroxyl groups is 1. The number of unbranched alkanes of at least 4 members (excludes halogenated alkanes) is 2. The van der Waals surface area contributed by atoms with Gasteiger partial charge in [0.15, 0.2) is 0 Å². The molecule has 0 fully saturated rings. The summed E-state index contributed by atoms with van der Waals surface area (Å²) in [7, 11) is 0. The van der Waals surface area contributed by atoms with Crippen molar-refractivity contribution in [3.8, 4) is 22.6 Å². The van der Waals surface area contributed by atoms with Gasteiger partial charge in [-0.25, -0.2) is 0 Å². The van der Waals surface area contributed by atoms with E-state index in [0.717, 1.165) is 40.8 Å². The van der Waals surface area contributed by atoms with Crippen LogP contribution in [0.4, 0.5) is 0 Å². The summed E-state index contributed by atoms with van der Waals surface area (Å²) in [5.41, 5.74) is 5.02. The van der Waals surface area contributed by atoms with Gasteiger partial charge in [-0.2, -0.15) is 0 Å². The van der Waals surface area contributed by atoms with Gasteiger partial charge in [0.1, 0.15) is 17.1 Å². The lowest BCUT2D eigenvalue weighted by Gasteiger charge is -2.35. The Labute approximate surface area is 148 Å². The Morgan fingerprint density at radius 3 is 2.58 bits per heavy atom. The SMILES string of the molecule is C.CCCCCc1cc(O)c2c(c1)OC(C)(C)c1ccc(C)cc1-2.[3HH]. The van der Waals surface area contributed by atoms with Gasteiger partial charge in [0.25, 0.3) is 0 Å². The van der Waals surface area contributed by atoms with Crippen LogP contribution in [0.3, 0.4) is 0 Å². The van der Waals surface area contributed by atoms with E-state index in [1.54, 1.807) is 0 Å². The van der Waals surface area contributed by atoms with Crippen LogP contribution in [0.15, 0.2) is 30.3 Å². The molecular weight excluding hydrogens is 296 g/mol. The molecule has 0 radical (unpaired) electrons. The molecule has 2 aromatic carbocycles. The number of hydrogen-bond donors (Lipinski definition) is 1. The predicted molar refractivity (Wildman–Crippen MR) is 104 cm³/mol. The number of phenols is 1. The molecule has 0 unspecified atom stereocenters. The van der Waals surface area contributed by atoms with Gasteiger partial charge in [-0.3, -0.25) is 0 Å². The minimum absolute atomic E-state index is 0. The van der Waals surface area contributed by atoms with Gasteiger partial charge < -0.3 is 9.84 Å². The van der Waals surface area contributed by atoms with E-state index < -0.39 is 0 Å². The van der Waals surface area contributed by atoms with E-state index in [1.807, 2.05) is 6.07 Å². The first kappa shape index (κ1) is 18.4. The summed E-state index contributed by atoms with van der Waals surface area (Å²) < 4.78 is 6.25. The van der Waals surface area contributed by atoms with Gasteiger partial charge in [-0.1, -0.05) is 51.0 Å². The van der Waals surface area contributed by atoms with Crippen molar-refractivity contribution in [1.29, 1.82) is 0 Å². The topological polar surface area (TPSA) is 29.5 Å². The van der Waals surface area contributed by atoms with Crippen LogP contribution < -0.4 is 4.74 Å². The normalized spacial score (nSPS) is 14.2. The molecule has 0 aromatic heterocycles. The zero-order valence-electron chi connectivity index (χ0n) is 14.6. The van der Waals surface area contributed by atoms with Crippen molar-refractivity contribution in [3.63, 3.8) is 0 Å². The maximum absolute atomic E-state index is 10.6. The lowest BCUT2D eigenvalue weighted by atomic mass is 9.84. The van der Waals surface area contributed by atoms with Crippen molar-refractivity contribution in [2.75, 3.05) is 0 Å². The summed E-state index contributed by atoms with van der Waals surface area (Å²) in [5, 5.41) is 10.6. The van der Waals surface area contributed by atoms with Crippen molar-refractivity contribution in [3.05, 3.63) is 47.0 Å². The van der Waals surface area contributed by atoms with Gasteiger partial charge in [-0.15, -0.1) is 0 Å². The third kappa shape index (κ3) is 3.28. The first-order chi connectivity index (χ1) is 10.9. The second-order valence-corrected chi connectivity index (χ2v) is 7.11. The van der Waals surface area contributed by atoms with Crippen molar-refractivity contribution >= 4 is 0 Å². The average molecular weight is 331 g/mol. The van der Waals surface area contributed by atoms with Gasteiger partial charge >= 0.3 is 0 Å². The Morgan fingerprint density at radius 1 is 1.12 bits per heavy atom. The fraction of sp³-hybridized carbons (Fsp3) is 0.455. The summed E-state index contributed by atoms with van der Waals surface area (Å²) in [5.74, 6) is 1.14. The van der Waals surface area contributed by atoms with E-state index in [2.05, 4.69) is 52.0 Å². The standard InChI is InChI=1S/C21H26O2.CH4.H2/c1-5-6-7-8-15-12-18(22)20-16-11-14(2)9-10-17(16)21(3,4)23-19(20)13-15;;/h9-13,22H,5-8H2,1-4H3;1H4;1H/i;;1+2. The van der Waals surface area contributed by atoms with Crippen LogP contribution in [0.5, 0.6) is 11.5 Å². The molecule has 2 nitrogen and oxygen atoms in total. The summed E-state index contributed by atoms with van der Waals surface area (Å²) in [4.78, 5) is 0. The highest BCUT2D eigenvalue weighted by molar-refractivity contribution is 5.82. The maximum Gasteiger partial charge on any atom is 0.132 e. The largest absolute Gasteiger partial charge is 0.507 e. The summed E-state index contributed by atoms with van der Waals surface area (Å²) >= 11 is 0. The van der Waals surface area contributed by atoms with Gasteiger partial charge in [0, 0.05) is 6.99 Å². The molecule has 0 aliphatic carbocycles. The summed E-state index contributed by atoms with van der Waals surface area (Å²) in [6.07, 6.45) is 4.55. The lowest BCUT2D eigenvalue weighted by molar-refractivity contribution is 0.105. The molecule has 24 heavy (non-hydrogen) atoms. The predicted octanol–water partition coefficient (Wildman–Crippen LogP) is 6.61. The van der Waals surface area contributed by atoms with Crippen molar-refractivity contribution in [1.82, 2.24) is 0 Å². The van der Waals surface area contributed by atoms with Crippen LogP contribution in [-0.2, 0) is 12.0 Å². The number of hydrogen-bond acceptors (Lipinski definition) is 2. The fourth-order valence-corrected chi connectivity index (χ4v) is 3.45. The van der Waals surface area contributed by atoms with Crippen molar-refractivity contribution in [2.24, 2.45) is 0 Å². The van der Waals surface area contributed by atoms with Crippen LogP contribution in [0.1, 0.15) is 65.6 Å². The Balaban J connectivity index is 0.00000156. The number of phenolic OH excluding ortho intramolecular Hbond substituents is 1. The number of aryl methyl sites for hydroxylation is 2. The highest BCUT2D eigenvalue weighted by Crippen LogP contribution is 2.49. The molecule has 2 heteroatoms. The fourth-order valence-electron chi connectivity index (χ4n) is 3.45. The molecule has 2 aromatic rings. The maximum atomic E-state index is 10.6. The highest BCUT2D eigenvalue weighted by atomic mass is 16.5. The van der Waals surface area contributed by atoms with Crippen LogP contribution in [0, 0.1) is 6.92 Å². The van der Waals surface area contributed by atoms with E-state index in [-0.39, 0.29) is 14.5 Å². The Morgan fingerprint density at radius 2 is 1.88 bits per heavy atom. The van der Waals surface area contributed by atoms with Crippen LogP contribution in [-0.4, -0.2) is 5.11 Å². The molecule has 1 N–H and O–H groups in total. The van der Waals surface area contributed by atoms with E-state index in [1.165, 1.54) is 18.4 Å². The molecule has 0 amide bonds. The molecule has 1 aliphatic rings. The number of ether oxygens (including phenoxy) is 1. The van der Waals surface area contributed by atoms with Gasteiger partial charge in [0.2, 0.25) is 0 Å². The molecule has 132 valence electrons. The zero-order valence-corrected chi connectivity index (χ0v) is 14.6. The zero-order chi connectivity index (χ0) is 16.6. The molecule has 0 spiro atoms. The van der Waals surface area contributed by atoms with Gasteiger partial charge in [0.05, 0.1) is 5.56 Å². The highest BCUT2D eigenvalue weighted by Gasteiger charge is 2.34. The number of fused-ring (bicyclic) bond motifs is 3. The first-order valence-electron chi connectivity index (χ1n) is 8.59. The van der Waals surface area contributed by atoms with Crippen molar-refractivity contribution < 1.29 is 11.3 Å². The van der Waals surface area contributed by atoms with E-state index in [9.17, 15) is 5.11 Å². The molecule has 0 atom stereocenters. The molecule has 0 bridgehead atoms. The smallest absolute Gasteiger partial charge is 0.132 e. The lowest BCUT2D eigenvalue weighted by Crippen LogP contribution is -2.29. The second-order valence-electron chi connectivity index (χ2n) is 7.11. The molecule has 1 aliphatic heterocycles. The summed E-state index contributed by atoms with van der Waals surface area (Å²) in [6, 6.07) is 10.4. The summed E-state index contributed by atoms with van der Waals surface area (Å²) in [6.45, 7) is 8.46.